The number of halogens is 2. The molecule has 0 aromatic heterocycles. The van der Waals surface area contributed by atoms with Gasteiger partial charge in [-0.25, -0.2) is 0 Å². The van der Waals surface area contributed by atoms with Crippen molar-refractivity contribution in [2.45, 2.75) is 5.56 Å². The summed E-state index contributed by atoms with van der Waals surface area (Å²) >= 11 is 11.1. The molecule has 3 heteroatoms. The van der Waals surface area contributed by atoms with Crippen molar-refractivity contribution < 1.29 is 4.74 Å². The zero-order chi connectivity index (χ0) is 8.10. The first kappa shape index (κ1) is 8.85. The molecule has 0 amide bonds. The molecule has 0 bridgehead atoms. The number of hydrogen-bond acceptors (Lipinski definition) is 1. The lowest BCUT2D eigenvalue weighted by atomic mass is 10.2. The molecule has 1 rings (SSSR count). The van der Waals surface area contributed by atoms with Crippen LogP contribution in [0, 0.1) is 0 Å². The Morgan fingerprint density at radius 2 is 1.91 bits per heavy atom. The summed E-state index contributed by atoms with van der Waals surface area (Å²) in [6, 6.07) is 9.63. The predicted octanol–water partition coefficient (Wildman–Crippen LogP) is 3.14. The molecule has 0 spiro atoms. The van der Waals surface area contributed by atoms with Crippen LogP contribution in [0.5, 0.6) is 0 Å². The van der Waals surface area contributed by atoms with Crippen LogP contribution in [-0.4, -0.2) is 6.07 Å². The van der Waals surface area contributed by atoms with Crippen LogP contribution in [-0.2, 0) is 4.74 Å². The predicted molar refractivity (Wildman–Crippen MR) is 46.8 cm³/mol. The molecule has 1 atom stereocenters. The van der Waals surface area contributed by atoms with Gasteiger partial charge in [-0.2, -0.15) is 0 Å². The van der Waals surface area contributed by atoms with Crippen molar-refractivity contribution in [1.29, 1.82) is 0 Å². The van der Waals surface area contributed by atoms with E-state index in [0.717, 1.165) is 5.56 Å². The van der Waals surface area contributed by atoms with Crippen LogP contribution in [0.3, 0.4) is 0 Å². The second kappa shape index (κ2) is 4.60. The highest BCUT2D eigenvalue weighted by Gasteiger charge is 2.04. The fourth-order valence-corrected chi connectivity index (χ4v) is 1.15. The fraction of sp³-hybridized carbons (Fsp3) is 0.250. The van der Waals surface area contributed by atoms with Crippen molar-refractivity contribution in [2.24, 2.45) is 0 Å². The molecule has 1 aromatic rings. The van der Waals surface area contributed by atoms with E-state index in [-0.39, 0.29) is 6.07 Å². The van der Waals surface area contributed by atoms with E-state index in [1.165, 1.54) is 0 Å². The second-order valence-electron chi connectivity index (χ2n) is 2.00. The Hall–Kier alpha value is -0.240. The van der Waals surface area contributed by atoms with Crippen molar-refractivity contribution in [3.63, 3.8) is 0 Å². The minimum atomic E-state index is -0.436. The summed E-state index contributed by atoms with van der Waals surface area (Å²) in [4.78, 5) is 0. The number of ether oxygens (including phenoxy) is 1. The van der Waals surface area contributed by atoms with E-state index >= 15 is 0 Å². The maximum absolute atomic E-state index is 5.80. The Morgan fingerprint density at radius 1 is 1.27 bits per heavy atom. The van der Waals surface area contributed by atoms with E-state index in [4.69, 9.17) is 27.9 Å². The molecule has 0 saturated heterocycles. The molecule has 0 heterocycles. The molecule has 1 aromatic carbocycles. The van der Waals surface area contributed by atoms with Crippen molar-refractivity contribution >= 4 is 23.2 Å². The number of alkyl halides is 2. The SMILES string of the molecule is ClCOC(Cl)c1ccccc1. The fourth-order valence-electron chi connectivity index (χ4n) is 0.756. The van der Waals surface area contributed by atoms with Crippen LogP contribution in [0.1, 0.15) is 11.1 Å². The number of benzene rings is 1. The molecule has 0 fully saturated rings. The summed E-state index contributed by atoms with van der Waals surface area (Å²) in [5.74, 6) is 0. The topological polar surface area (TPSA) is 9.23 Å². The first-order chi connectivity index (χ1) is 5.34. The van der Waals surface area contributed by atoms with Gasteiger partial charge in [0.05, 0.1) is 0 Å². The van der Waals surface area contributed by atoms with E-state index in [1.54, 1.807) is 0 Å². The van der Waals surface area contributed by atoms with Crippen LogP contribution in [0.25, 0.3) is 0 Å². The molecule has 1 nitrogen and oxygen atoms in total. The second-order valence-corrected chi connectivity index (χ2v) is 2.62. The first-order valence-corrected chi connectivity index (χ1v) is 4.18. The summed E-state index contributed by atoms with van der Waals surface area (Å²) in [5.41, 5.74) is 0.489. The smallest absolute Gasteiger partial charge is 0.158 e. The van der Waals surface area contributed by atoms with E-state index in [9.17, 15) is 0 Å². The highest BCUT2D eigenvalue weighted by atomic mass is 35.5. The van der Waals surface area contributed by atoms with Gasteiger partial charge in [0, 0.05) is 0 Å². The molecule has 0 N–H and O–H groups in total. The van der Waals surface area contributed by atoms with Crippen LogP contribution in [0.4, 0.5) is 0 Å². The van der Waals surface area contributed by atoms with Crippen molar-refractivity contribution in [3.8, 4) is 0 Å². The summed E-state index contributed by atoms with van der Waals surface area (Å²) in [6.07, 6.45) is 0. The third-order valence-corrected chi connectivity index (χ3v) is 1.77. The van der Waals surface area contributed by atoms with Crippen LogP contribution in [0.2, 0.25) is 0 Å². The Balaban J connectivity index is 2.61. The molecule has 0 aliphatic heterocycles. The molecular weight excluding hydrogens is 183 g/mol. The third-order valence-electron chi connectivity index (χ3n) is 1.27. The van der Waals surface area contributed by atoms with Gasteiger partial charge in [-0.3, -0.25) is 0 Å². The summed E-state index contributed by atoms with van der Waals surface area (Å²) in [7, 11) is 0. The maximum Gasteiger partial charge on any atom is 0.158 e. The minimum Gasteiger partial charge on any atom is -0.343 e. The summed E-state index contributed by atoms with van der Waals surface area (Å²) in [5, 5.41) is 0. The molecular formula is C8H8Cl2O. The standard InChI is InChI=1S/C8H8Cl2O/c9-6-11-8(10)7-4-2-1-3-5-7/h1-5,8H,6H2. The van der Waals surface area contributed by atoms with Crippen LogP contribution in [0.15, 0.2) is 30.3 Å². The zero-order valence-electron chi connectivity index (χ0n) is 5.84. The zero-order valence-corrected chi connectivity index (χ0v) is 7.35. The van der Waals surface area contributed by atoms with Crippen molar-refractivity contribution in [3.05, 3.63) is 35.9 Å². The van der Waals surface area contributed by atoms with Crippen molar-refractivity contribution in [1.82, 2.24) is 0 Å². The van der Waals surface area contributed by atoms with Crippen molar-refractivity contribution in [2.75, 3.05) is 6.07 Å². The van der Waals surface area contributed by atoms with E-state index in [2.05, 4.69) is 0 Å². The van der Waals surface area contributed by atoms with Gasteiger partial charge in [0.1, 0.15) is 6.07 Å². The average molecular weight is 191 g/mol. The quantitative estimate of drug-likeness (QED) is 0.666. The summed E-state index contributed by atoms with van der Waals surface area (Å²) in [6.45, 7) is 0. The highest BCUT2D eigenvalue weighted by molar-refractivity contribution is 6.20. The molecule has 0 aliphatic carbocycles. The number of rotatable bonds is 3. The lowest BCUT2D eigenvalue weighted by Crippen LogP contribution is -1.94. The minimum absolute atomic E-state index is 0.114. The Kier molecular flexibility index (Phi) is 3.70. The monoisotopic (exact) mass is 190 g/mol. The molecule has 60 valence electrons. The third kappa shape index (κ3) is 2.70. The average Bonchev–Trinajstić information content (AvgIpc) is 2.07. The van der Waals surface area contributed by atoms with Gasteiger partial charge in [0.25, 0.3) is 0 Å². The van der Waals surface area contributed by atoms with Gasteiger partial charge in [-0.1, -0.05) is 53.5 Å². The van der Waals surface area contributed by atoms with Gasteiger partial charge in [0.2, 0.25) is 0 Å². The summed E-state index contributed by atoms with van der Waals surface area (Å²) < 4.78 is 4.96. The van der Waals surface area contributed by atoms with E-state index < -0.39 is 5.56 Å². The highest BCUT2D eigenvalue weighted by Crippen LogP contribution is 2.20. The van der Waals surface area contributed by atoms with Crippen LogP contribution >= 0.6 is 23.2 Å². The molecule has 0 radical (unpaired) electrons. The largest absolute Gasteiger partial charge is 0.343 e. The normalized spacial score (nSPS) is 12.9. The maximum atomic E-state index is 5.80. The van der Waals surface area contributed by atoms with Gasteiger partial charge in [-0.05, 0) is 5.56 Å². The van der Waals surface area contributed by atoms with Gasteiger partial charge < -0.3 is 4.74 Å². The van der Waals surface area contributed by atoms with E-state index in [1.807, 2.05) is 30.3 Å². The Morgan fingerprint density at radius 3 is 2.45 bits per heavy atom. The molecule has 11 heavy (non-hydrogen) atoms. The lowest BCUT2D eigenvalue weighted by Gasteiger charge is -2.07. The Labute approximate surface area is 75.9 Å². The molecule has 1 unspecified atom stereocenters. The van der Waals surface area contributed by atoms with Gasteiger partial charge in [-0.15, -0.1) is 0 Å². The van der Waals surface area contributed by atoms with E-state index in [0.29, 0.717) is 0 Å². The number of hydrogen-bond donors (Lipinski definition) is 0. The van der Waals surface area contributed by atoms with Gasteiger partial charge >= 0.3 is 0 Å². The Bertz CT molecular complexity index is 201. The molecule has 0 saturated carbocycles. The lowest BCUT2D eigenvalue weighted by molar-refractivity contribution is 0.151. The first-order valence-electron chi connectivity index (χ1n) is 3.21. The van der Waals surface area contributed by atoms with Crippen LogP contribution < -0.4 is 0 Å². The molecule has 0 aliphatic rings. The van der Waals surface area contributed by atoms with Gasteiger partial charge in [0.15, 0.2) is 5.56 Å².